The number of esters is 1. The van der Waals surface area contributed by atoms with Gasteiger partial charge in [-0.15, -0.1) is 0 Å². The molecule has 0 spiro atoms. The second-order valence-corrected chi connectivity index (χ2v) is 8.72. The number of benzene rings is 1. The first-order chi connectivity index (χ1) is 12.6. The van der Waals surface area contributed by atoms with Crippen molar-refractivity contribution in [3.8, 4) is 5.75 Å². The molecule has 0 aliphatic carbocycles. The third kappa shape index (κ3) is 3.87. The Hall–Kier alpha value is -1.92. The summed E-state index contributed by atoms with van der Waals surface area (Å²) in [6.07, 6.45) is 3.50. The molecular formula is C20H19BrClFN2O2. The van der Waals surface area contributed by atoms with Crippen molar-refractivity contribution in [1.29, 1.82) is 0 Å². The summed E-state index contributed by atoms with van der Waals surface area (Å²) in [5.74, 6) is -1.05. The third-order valence-corrected chi connectivity index (χ3v) is 5.15. The third-order valence-electron chi connectivity index (χ3n) is 4.34. The van der Waals surface area contributed by atoms with Crippen LogP contribution in [-0.4, -0.2) is 15.9 Å². The number of carbonyl (C=O) groups excluding carboxylic acids is 1. The molecule has 27 heavy (non-hydrogen) atoms. The van der Waals surface area contributed by atoms with Crippen LogP contribution in [-0.2, 0) is 4.79 Å². The van der Waals surface area contributed by atoms with Crippen molar-refractivity contribution >= 4 is 44.5 Å². The Balaban J connectivity index is 2.12. The number of pyridine rings is 1. The van der Waals surface area contributed by atoms with Crippen LogP contribution in [0, 0.1) is 11.2 Å². The molecule has 142 valence electrons. The lowest BCUT2D eigenvalue weighted by molar-refractivity contribution is -0.143. The van der Waals surface area contributed by atoms with E-state index in [2.05, 4.69) is 25.9 Å². The zero-order valence-corrected chi connectivity index (χ0v) is 17.7. The highest BCUT2D eigenvalue weighted by molar-refractivity contribution is 9.10. The van der Waals surface area contributed by atoms with E-state index in [0.717, 1.165) is 15.4 Å². The summed E-state index contributed by atoms with van der Waals surface area (Å²) in [6.45, 7) is 7.16. The second kappa shape index (κ2) is 7.24. The van der Waals surface area contributed by atoms with E-state index in [1.165, 1.54) is 12.1 Å². The average molecular weight is 454 g/mol. The molecule has 4 nitrogen and oxygen atoms in total. The fourth-order valence-electron chi connectivity index (χ4n) is 2.81. The number of nitrogens with one attached hydrogen (secondary N) is 1. The Morgan fingerprint density at radius 2 is 2.07 bits per heavy atom. The average Bonchev–Trinajstić information content (AvgIpc) is 3.00. The molecule has 0 bridgehead atoms. The molecule has 0 aliphatic heterocycles. The first-order valence-electron chi connectivity index (χ1n) is 8.42. The minimum Gasteiger partial charge on any atom is -0.426 e. The summed E-state index contributed by atoms with van der Waals surface area (Å²) in [7, 11) is 0. The van der Waals surface area contributed by atoms with E-state index in [4.69, 9.17) is 16.3 Å². The molecule has 0 fully saturated rings. The number of rotatable bonds is 3. The molecule has 0 saturated carbocycles. The van der Waals surface area contributed by atoms with Gasteiger partial charge < -0.3 is 9.72 Å². The molecule has 3 aromatic rings. The van der Waals surface area contributed by atoms with Gasteiger partial charge in [0, 0.05) is 33.7 Å². The minimum atomic E-state index is -0.697. The number of halogens is 3. The van der Waals surface area contributed by atoms with Gasteiger partial charge in [0.25, 0.3) is 0 Å². The highest BCUT2D eigenvalue weighted by Gasteiger charge is 2.28. The Kier molecular flexibility index (Phi) is 5.32. The van der Waals surface area contributed by atoms with Crippen LogP contribution in [0.25, 0.3) is 11.0 Å². The van der Waals surface area contributed by atoms with Gasteiger partial charge in [0.05, 0.1) is 10.4 Å². The first-order valence-corrected chi connectivity index (χ1v) is 9.59. The van der Waals surface area contributed by atoms with Crippen LogP contribution < -0.4 is 4.74 Å². The van der Waals surface area contributed by atoms with E-state index in [-0.39, 0.29) is 16.7 Å². The van der Waals surface area contributed by atoms with Gasteiger partial charge in [-0.1, -0.05) is 18.5 Å². The highest BCUT2D eigenvalue weighted by atomic mass is 79.9. The van der Waals surface area contributed by atoms with Crippen LogP contribution in [0.4, 0.5) is 4.39 Å². The summed E-state index contributed by atoms with van der Waals surface area (Å²) in [6, 6.07) is 4.58. The number of aromatic nitrogens is 2. The van der Waals surface area contributed by atoms with Gasteiger partial charge in [-0.3, -0.25) is 4.79 Å². The Morgan fingerprint density at radius 1 is 1.37 bits per heavy atom. The van der Waals surface area contributed by atoms with Crippen molar-refractivity contribution in [2.24, 2.45) is 5.41 Å². The molecule has 1 N–H and O–H groups in total. The Morgan fingerprint density at radius 3 is 2.74 bits per heavy atom. The molecule has 0 aliphatic rings. The molecule has 0 radical (unpaired) electrons. The topological polar surface area (TPSA) is 55.0 Å². The molecule has 3 rings (SSSR count). The Bertz CT molecular complexity index is 1030. The van der Waals surface area contributed by atoms with Gasteiger partial charge in [-0.2, -0.15) is 0 Å². The molecule has 0 saturated heterocycles. The van der Waals surface area contributed by atoms with Crippen molar-refractivity contribution in [2.75, 3.05) is 0 Å². The molecule has 0 amide bonds. The molecule has 2 heterocycles. The van der Waals surface area contributed by atoms with E-state index in [0.29, 0.717) is 11.2 Å². The quantitative estimate of drug-likeness (QED) is 0.378. The largest absolute Gasteiger partial charge is 0.426 e. The zero-order valence-electron chi connectivity index (χ0n) is 15.4. The van der Waals surface area contributed by atoms with Crippen LogP contribution in [0.3, 0.4) is 0 Å². The molecular weight excluding hydrogens is 435 g/mol. The standard InChI is InChI=1S/C20H19BrClFN2O2/c1-10(13-9-25-18-12(13)7-11(21)8-24-18)16-15(6-5-14(23)17(16)22)27-19(26)20(2,3)4/h5-10H,1-4H3,(H,24,25)/t10-/m0/s1. The van der Waals surface area contributed by atoms with Gasteiger partial charge in [-0.05, 0) is 60.5 Å². The van der Waals surface area contributed by atoms with E-state index in [9.17, 15) is 9.18 Å². The van der Waals surface area contributed by atoms with Crippen LogP contribution in [0.5, 0.6) is 5.75 Å². The molecule has 0 unspecified atom stereocenters. The van der Waals surface area contributed by atoms with Gasteiger partial charge in [0.1, 0.15) is 17.2 Å². The van der Waals surface area contributed by atoms with E-state index < -0.39 is 17.2 Å². The van der Waals surface area contributed by atoms with Gasteiger partial charge >= 0.3 is 5.97 Å². The van der Waals surface area contributed by atoms with Crippen molar-refractivity contribution in [3.05, 3.63) is 57.0 Å². The van der Waals surface area contributed by atoms with E-state index >= 15 is 0 Å². The second-order valence-electron chi connectivity index (χ2n) is 7.43. The smallest absolute Gasteiger partial charge is 0.316 e. The maximum absolute atomic E-state index is 14.2. The summed E-state index contributed by atoms with van der Waals surface area (Å²) in [4.78, 5) is 19.8. The van der Waals surface area contributed by atoms with Crippen molar-refractivity contribution in [3.63, 3.8) is 0 Å². The normalized spacial score (nSPS) is 13.0. The van der Waals surface area contributed by atoms with E-state index in [1.807, 2.05) is 19.2 Å². The van der Waals surface area contributed by atoms with Crippen molar-refractivity contribution in [1.82, 2.24) is 9.97 Å². The van der Waals surface area contributed by atoms with Gasteiger partial charge in [0.2, 0.25) is 0 Å². The predicted octanol–water partition coefficient (Wildman–Crippen LogP) is 6.22. The molecule has 7 heteroatoms. The number of ether oxygens (including phenoxy) is 1. The number of carbonyl (C=O) groups is 1. The van der Waals surface area contributed by atoms with Crippen molar-refractivity contribution in [2.45, 2.75) is 33.6 Å². The number of hydrogen-bond donors (Lipinski definition) is 1. The SMILES string of the molecule is C[C@H](c1c(OC(=O)C(C)(C)C)ccc(F)c1Cl)c1c[nH]c2ncc(Br)cc12. The summed E-state index contributed by atoms with van der Waals surface area (Å²) in [5.41, 5.74) is 1.31. The van der Waals surface area contributed by atoms with Gasteiger partial charge in [-0.25, -0.2) is 9.37 Å². The first kappa shape index (κ1) is 19.8. The van der Waals surface area contributed by atoms with Gasteiger partial charge in [0.15, 0.2) is 0 Å². The number of fused-ring (bicyclic) bond motifs is 1. The monoisotopic (exact) mass is 452 g/mol. The van der Waals surface area contributed by atoms with Crippen LogP contribution in [0.15, 0.2) is 35.1 Å². The fourth-order valence-corrected chi connectivity index (χ4v) is 3.46. The maximum Gasteiger partial charge on any atom is 0.316 e. The summed E-state index contributed by atoms with van der Waals surface area (Å²) >= 11 is 9.71. The highest BCUT2D eigenvalue weighted by Crippen LogP contribution is 2.41. The number of hydrogen-bond acceptors (Lipinski definition) is 3. The lowest BCUT2D eigenvalue weighted by Crippen LogP contribution is -2.26. The minimum absolute atomic E-state index is 0.0565. The lowest BCUT2D eigenvalue weighted by Gasteiger charge is -2.21. The molecule has 2 aromatic heterocycles. The predicted molar refractivity (Wildman–Crippen MR) is 108 cm³/mol. The Labute approximate surface area is 170 Å². The van der Waals surface area contributed by atoms with Crippen LogP contribution in [0.2, 0.25) is 5.02 Å². The number of nitrogens with zero attached hydrogens (tertiary/aromatic N) is 1. The van der Waals surface area contributed by atoms with Crippen LogP contribution in [0.1, 0.15) is 44.7 Å². The zero-order chi connectivity index (χ0) is 19.9. The van der Waals surface area contributed by atoms with E-state index in [1.54, 1.807) is 27.0 Å². The van der Waals surface area contributed by atoms with Crippen LogP contribution >= 0.6 is 27.5 Å². The fraction of sp³-hybridized carbons (Fsp3) is 0.300. The molecule has 1 atom stereocenters. The van der Waals surface area contributed by atoms with Crippen molar-refractivity contribution < 1.29 is 13.9 Å². The molecule has 1 aromatic carbocycles. The maximum atomic E-state index is 14.2. The lowest BCUT2D eigenvalue weighted by atomic mass is 9.92. The number of H-pyrrole nitrogens is 1. The number of aromatic amines is 1. The summed E-state index contributed by atoms with van der Waals surface area (Å²) in [5, 5.41) is 0.823. The summed E-state index contributed by atoms with van der Waals surface area (Å²) < 4.78 is 20.6.